The van der Waals surface area contributed by atoms with Crippen molar-refractivity contribution in [2.45, 2.75) is 121 Å². The van der Waals surface area contributed by atoms with Crippen LogP contribution in [0.4, 0.5) is 4.79 Å². The molecule has 0 saturated heterocycles. The number of amides is 3. The van der Waals surface area contributed by atoms with Gasteiger partial charge in [-0.1, -0.05) is 76.3 Å². The van der Waals surface area contributed by atoms with Crippen molar-refractivity contribution < 1.29 is 32.6 Å². The van der Waals surface area contributed by atoms with Crippen molar-refractivity contribution in [3.8, 4) is 0 Å². The van der Waals surface area contributed by atoms with E-state index in [0.717, 1.165) is 42.6 Å². The second-order valence-corrected chi connectivity index (χ2v) is 17.2. The number of ether oxygens (including phenoxy) is 1. The molecule has 0 spiro atoms. The highest BCUT2D eigenvalue weighted by Crippen LogP contribution is 2.29. The van der Waals surface area contributed by atoms with E-state index in [1.165, 1.54) is 31.7 Å². The topological polar surface area (TPSA) is 162 Å². The third-order valence-electron chi connectivity index (χ3n) is 9.74. The Morgan fingerprint density at radius 2 is 1.70 bits per heavy atom. The van der Waals surface area contributed by atoms with Crippen LogP contribution in [0.25, 0.3) is 0 Å². The maximum atomic E-state index is 14.3. The monoisotopic (exact) mass is 717 g/mol. The molecule has 1 aromatic heterocycles. The summed E-state index contributed by atoms with van der Waals surface area (Å²) in [6.45, 7) is 7.27. The number of sulfone groups is 1. The van der Waals surface area contributed by atoms with E-state index >= 15 is 0 Å². The minimum atomic E-state index is -3.41. The van der Waals surface area contributed by atoms with Gasteiger partial charge < -0.3 is 29.9 Å². The summed E-state index contributed by atoms with van der Waals surface area (Å²) in [5.74, 6) is -0.465. The first-order chi connectivity index (χ1) is 23.7. The number of aliphatic hydroxyl groups excluding tert-OH is 1. The molecule has 2 aromatic rings. The number of H-pyrrole nitrogens is 1. The molecule has 3 amide bonds. The molecule has 3 N–H and O–H groups in total. The van der Waals surface area contributed by atoms with Gasteiger partial charge in [0.2, 0.25) is 5.91 Å². The van der Waals surface area contributed by atoms with Crippen molar-refractivity contribution in [3.63, 3.8) is 0 Å². The lowest BCUT2D eigenvalue weighted by Gasteiger charge is -2.34. The van der Waals surface area contributed by atoms with E-state index in [2.05, 4.69) is 29.1 Å². The molecule has 4 atom stereocenters. The maximum absolute atomic E-state index is 14.3. The number of aromatic amines is 1. The Hall–Kier alpha value is -3.45. The Kier molecular flexibility index (Phi) is 16.2. The first kappa shape index (κ1) is 41.0. The maximum Gasteiger partial charge on any atom is 0.410 e. The molecule has 1 aliphatic carbocycles. The zero-order valence-electron chi connectivity index (χ0n) is 30.7. The molecule has 50 heavy (non-hydrogen) atoms. The fraction of sp³-hybridized carbons (Fsp3) is 0.676. The molecule has 0 aliphatic heterocycles. The molecule has 1 aromatic carbocycles. The van der Waals surface area contributed by atoms with Crippen LogP contribution in [0.5, 0.6) is 0 Å². The summed E-state index contributed by atoms with van der Waals surface area (Å²) in [6.07, 6.45) is 8.03. The van der Waals surface area contributed by atoms with E-state index < -0.39 is 57.3 Å². The number of aliphatic hydroxyl groups is 1. The van der Waals surface area contributed by atoms with Gasteiger partial charge in [-0.25, -0.2) is 18.2 Å². The summed E-state index contributed by atoms with van der Waals surface area (Å²) >= 11 is 0. The number of imidazole rings is 1. The Labute approximate surface area is 298 Å². The zero-order valence-corrected chi connectivity index (χ0v) is 31.5. The van der Waals surface area contributed by atoms with Crippen LogP contribution < -0.4 is 5.32 Å². The van der Waals surface area contributed by atoms with Gasteiger partial charge in [0.05, 0.1) is 35.2 Å². The Bertz CT molecular complexity index is 1430. The average molecular weight is 718 g/mol. The van der Waals surface area contributed by atoms with Crippen LogP contribution in [0.2, 0.25) is 0 Å². The number of likely N-dealkylation sites (N-methyl/N-ethyl adjacent to an activating group) is 1. The van der Waals surface area contributed by atoms with Crippen molar-refractivity contribution in [2.24, 2.45) is 11.8 Å². The molecule has 0 unspecified atom stereocenters. The van der Waals surface area contributed by atoms with Crippen molar-refractivity contribution in [1.82, 2.24) is 25.1 Å². The van der Waals surface area contributed by atoms with E-state index in [4.69, 9.17) is 4.74 Å². The first-order valence-electron chi connectivity index (χ1n) is 18.1. The number of aromatic nitrogens is 2. The van der Waals surface area contributed by atoms with E-state index in [9.17, 15) is 27.9 Å². The summed E-state index contributed by atoms with van der Waals surface area (Å²) in [5, 5.41) is 13.9. The predicted molar refractivity (Wildman–Crippen MR) is 194 cm³/mol. The minimum absolute atomic E-state index is 0.0445. The van der Waals surface area contributed by atoms with Crippen LogP contribution in [-0.2, 0) is 37.0 Å². The number of hydrogen-bond donors (Lipinski definition) is 3. The van der Waals surface area contributed by atoms with Crippen molar-refractivity contribution >= 4 is 27.7 Å². The van der Waals surface area contributed by atoms with Crippen molar-refractivity contribution in [3.05, 3.63) is 54.1 Å². The molecule has 0 radical (unpaired) electrons. The number of nitrogens with one attached hydrogen (secondary N) is 2. The highest BCUT2D eigenvalue weighted by molar-refractivity contribution is 7.92. The van der Waals surface area contributed by atoms with Crippen LogP contribution in [-0.4, -0.2) is 107 Å². The molecule has 1 aliphatic rings. The summed E-state index contributed by atoms with van der Waals surface area (Å²) in [7, 11) is -0.472. The highest BCUT2D eigenvalue weighted by atomic mass is 32.2. The third kappa shape index (κ3) is 13.0. The fourth-order valence-electron chi connectivity index (χ4n) is 6.28. The lowest BCUT2D eigenvalue weighted by atomic mass is 9.83. The number of carbonyl (C=O) groups excluding carboxylic acids is 3. The predicted octanol–water partition coefficient (Wildman–Crippen LogP) is 4.53. The van der Waals surface area contributed by atoms with Crippen molar-refractivity contribution in [2.75, 3.05) is 26.4 Å². The molecule has 1 fully saturated rings. The minimum Gasteiger partial charge on any atom is -0.436 e. The summed E-state index contributed by atoms with van der Waals surface area (Å²) in [6, 6.07) is 7.59. The highest BCUT2D eigenvalue weighted by Gasteiger charge is 2.37. The lowest BCUT2D eigenvalue weighted by molar-refractivity contribution is -0.146. The van der Waals surface area contributed by atoms with Crippen LogP contribution >= 0.6 is 0 Å². The van der Waals surface area contributed by atoms with Crippen LogP contribution in [0.15, 0.2) is 42.9 Å². The normalized spacial score (nSPS) is 16.4. The fourth-order valence-corrected chi connectivity index (χ4v) is 7.28. The summed E-state index contributed by atoms with van der Waals surface area (Å²) in [4.78, 5) is 51.4. The smallest absolute Gasteiger partial charge is 0.410 e. The molecule has 1 heterocycles. The number of nitrogens with zero attached hydrogens (tertiary/aromatic N) is 3. The summed E-state index contributed by atoms with van der Waals surface area (Å²) in [5.41, 5.74) is 1.31. The van der Waals surface area contributed by atoms with Crippen LogP contribution in [0, 0.1) is 11.8 Å². The Morgan fingerprint density at radius 1 is 1.02 bits per heavy atom. The molecule has 3 rings (SSSR count). The molecule has 13 heteroatoms. The number of carbonyl (C=O) groups is 3. The lowest BCUT2D eigenvalue weighted by Crippen LogP contribution is -2.56. The van der Waals surface area contributed by atoms with Gasteiger partial charge in [0.25, 0.3) is 5.91 Å². The van der Waals surface area contributed by atoms with E-state index in [0.29, 0.717) is 30.4 Å². The van der Waals surface area contributed by atoms with Gasteiger partial charge in [0.1, 0.15) is 6.04 Å². The SMILES string of the molecule is CC(C)CC[C@H](O)[C@H](CC1CCCCC1)NC(=O)[C@H](Cc1c[nH]cn1)N(C)C(=O)[C@H](Cc1ccccc1)OC(=O)N(C)CCS(=O)(=O)C(C)C. The van der Waals surface area contributed by atoms with E-state index in [1.807, 2.05) is 30.3 Å². The third-order valence-corrected chi connectivity index (χ3v) is 11.9. The van der Waals surface area contributed by atoms with Gasteiger partial charge in [-0.3, -0.25) is 9.59 Å². The van der Waals surface area contributed by atoms with Gasteiger partial charge in [0.15, 0.2) is 15.9 Å². The second-order valence-electron chi connectivity index (χ2n) is 14.5. The van der Waals surface area contributed by atoms with Gasteiger partial charge in [-0.2, -0.15) is 0 Å². The number of hydrogen-bond acceptors (Lipinski definition) is 8. The quantitative estimate of drug-likeness (QED) is 0.191. The van der Waals surface area contributed by atoms with Gasteiger partial charge in [-0.05, 0) is 50.5 Å². The van der Waals surface area contributed by atoms with Gasteiger partial charge in [0, 0.05) is 39.7 Å². The molecular formula is C37H59N5O7S. The zero-order chi connectivity index (χ0) is 36.8. The van der Waals surface area contributed by atoms with Crippen LogP contribution in [0.1, 0.15) is 90.3 Å². The first-order valence-corrected chi connectivity index (χ1v) is 19.8. The number of benzene rings is 1. The summed E-state index contributed by atoms with van der Waals surface area (Å²) < 4.78 is 30.5. The largest absolute Gasteiger partial charge is 0.436 e. The number of rotatable bonds is 19. The van der Waals surface area contributed by atoms with Crippen molar-refractivity contribution in [1.29, 1.82) is 0 Å². The van der Waals surface area contributed by atoms with Crippen LogP contribution in [0.3, 0.4) is 0 Å². The Morgan fingerprint density at radius 3 is 2.30 bits per heavy atom. The molecule has 12 nitrogen and oxygen atoms in total. The molecule has 0 bridgehead atoms. The average Bonchev–Trinajstić information content (AvgIpc) is 3.61. The van der Waals surface area contributed by atoms with E-state index in [-0.39, 0.29) is 25.1 Å². The Balaban J connectivity index is 1.86. The van der Waals surface area contributed by atoms with Gasteiger partial charge >= 0.3 is 6.09 Å². The molecule has 1 saturated carbocycles. The molecular weight excluding hydrogens is 659 g/mol. The second kappa shape index (κ2) is 19.8. The molecule has 280 valence electrons. The standard InChI is InChI=1S/C37H59N5O7S/c1-26(2)17-18-33(43)31(21-28-13-9-7-10-14-28)40-35(44)32(23-30-24-38-25-39-30)42(6)36(45)34(22-29-15-11-8-12-16-29)49-37(46)41(5)19-20-50(47,48)27(3)4/h8,11-12,15-16,24-28,31-34,43H,7,9-10,13-14,17-23H2,1-6H3,(H,38,39)(H,40,44)/t31-,32-,33-,34-/m0/s1. The van der Waals surface area contributed by atoms with E-state index in [1.54, 1.807) is 20.0 Å². The van der Waals surface area contributed by atoms with Gasteiger partial charge in [-0.15, -0.1) is 0 Å².